The maximum atomic E-state index is 14.3. The number of aromatic nitrogens is 3. The molecule has 4 rings (SSSR count). The third-order valence-corrected chi connectivity index (χ3v) is 6.15. The maximum absolute atomic E-state index is 14.3. The van der Waals surface area contributed by atoms with Crippen LogP contribution in [0.15, 0.2) is 29.3 Å². The molecule has 2 saturated carbocycles. The zero-order chi connectivity index (χ0) is 19.6. The molecule has 28 heavy (non-hydrogen) atoms. The lowest BCUT2D eigenvalue weighted by Gasteiger charge is -2.22. The number of halogens is 1. The van der Waals surface area contributed by atoms with E-state index < -0.39 is 0 Å². The van der Waals surface area contributed by atoms with Crippen molar-refractivity contribution in [3.05, 3.63) is 47.3 Å². The van der Waals surface area contributed by atoms with Crippen LogP contribution in [-0.2, 0) is 19.0 Å². The zero-order valence-electron chi connectivity index (χ0n) is 16.7. The van der Waals surface area contributed by atoms with E-state index in [-0.39, 0.29) is 11.2 Å². The van der Waals surface area contributed by atoms with Gasteiger partial charge in [-0.25, -0.2) is 9.38 Å². The van der Waals surface area contributed by atoms with Crippen LogP contribution in [0.3, 0.4) is 0 Å². The molecule has 1 aromatic carbocycles. The molecule has 1 heterocycles. The fraction of sp³-hybridized carbons (Fsp3) is 0.571. The van der Waals surface area contributed by atoms with E-state index in [4.69, 9.17) is 4.99 Å². The van der Waals surface area contributed by atoms with E-state index in [0.29, 0.717) is 19.1 Å². The van der Waals surface area contributed by atoms with Crippen LogP contribution in [0.5, 0.6) is 0 Å². The van der Waals surface area contributed by atoms with E-state index in [1.54, 1.807) is 12.1 Å². The highest BCUT2D eigenvalue weighted by atomic mass is 19.1. The standard InChI is InChI=1S/C21H29FN6/c1-15-26-27-19(28(15)2)13-23-20(25-16-7-3-4-8-16)24-14-21(11-12-21)17-9-5-6-10-18(17)22/h5-6,9-10,16H,3-4,7-8,11-14H2,1-2H3,(H2,23,24,25). The van der Waals surface area contributed by atoms with Gasteiger partial charge in [0.05, 0.1) is 0 Å². The summed E-state index contributed by atoms with van der Waals surface area (Å²) in [6.07, 6.45) is 6.85. The highest BCUT2D eigenvalue weighted by Crippen LogP contribution is 2.48. The second kappa shape index (κ2) is 7.89. The Morgan fingerprint density at radius 2 is 2.00 bits per heavy atom. The van der Waals surface area contributed by atoms with Crippen LogP contribution in [0, 0.1) is 12.7 Å². The number of hydrogen-bond acceptors (Lipinski definition) is 3. The summed E-state index contributed by atoms with van der Waals surface area (Å²) in [5, 5.41) is 15.4. The molecule has 0 radical (unpaired) electrons. The van der Waals surface area contributed by atoms with E-state index in [1.165, 1.54) is 25.7 Å². The second-order valence-corrected chi connectivity index (χ2v) is 8.13. The normalized spacial score (nSPS) is 19.0. The predicted molar refractivity (Wildman–Crippen MR) is 108 cm³/mol. The van der Waals surface area contributed by atoms with Crippen molar-refractivity contribution in [1.29, 1.82) is 0 Å². The fourth-order valence-corrected chi connectivity index (χ4v) is 3.99. The molecule has 0 saturated heterocycles. The van der Waals surface area contributed by atoms with Crippen molar-refractivity contribution in [2.45, 2.75) is 63.5 Å². The topological polar surface area (TPSA) is 67.1 Å². The number of aliphatic imine (C=N–C) groups is 1. The SMILES string of the molecule is Cc1nnc(CN=C(NCC2(c3ccccc3F)CC2)NC2CCCC2)n1C. The van der Waals surface area contributed by atoms with Crippen LogP contribution in [0.4, 0.5) is 4.39 Å². The van der Waals surface area contributed by atoms with Crippen LogP contribution in [0.25, 0.3) is 0 Å². The molecule has 6 nitrogen and oxygen atoms in total. The average molecular weight is 385 g/mol. The lowest BCUT2D eigenvalue weighted by Crippen LogP contribution is -2.45. The van der Waals surface area contributed by atoms with Crippen molar-refractivity contribution >= 4 is 5.96 Å². The van der Waals surface area contributed by atoms with Crippen LogP contribution in [-0.4, -0.2) is 33.3 Å². The van der Waals surface area contributed by atoms with Gasteiger partial charge < -0.3 is 15.2 Å². The Morgan fingerprint density at radius 3 is 2.64 bits per heavy atom. The lowest BCUT2D eigenvalue weighted by molar-refractivity contribution is 0.552. The van der Waals surface area contributed by atoms with Crippen LogP contribution in [0.1, 0.15) is 55.7 Å². The van der Waals surface area contributed by atoms with Gasteiger partial charge in [0.15, 0.2) is 11.8 Å². The van der Waals surface area contributed by atoms with E-state index in [1.807, 2.05) is 30.7 Å². The molecule has 0 unspecified atom stereocenters. The van der Waals surface area contributed by atoms with Gasteiger partial charge in [-0.05, 0) is 44.2 Å². The number of nitrogens with zero attached hydrogens (tertiary/aromatic N) is 4. The molecule has 0 atom stereocenters. The largest absolute Gasteiger partial charge is 0.355 e. The van der Waals surface area contributed by atoms with Gasteiger partial charge in [-0.3, -0.25) is 0 Å². The highest BCUT2D eigenvalue weighted by molar-refractivity contribution is 5.80. The molecule has 2 fully saturated rings. The number of guanidine groups is 1. The molecule has 0 bridgehead atoms. The summed E-state index contributed by atoms with van der Waals surface area (Å²) in [6, 6.07) is 7.59. The van der Waals surface area contributed by atoms with Gasteiger partial charge in [0.25, 0.3) is 0 Å². The number of hydrogen-bond donors (Lipinski definition) is 2. The summed E-state index contributed by atoms with van der Waals surface area (Å²) in [5.41, 5.74) is 0.692. The van der Waals surface area contributed by atoms with Gasteiger partial charge >= 0.3 is 0 Å². The average Bonchev–Trinajstić information content (AvgIpc) is 3.17. The molecule has 0 spiro atoms. The first-order chi connectivity index (χ1) is 13.6. The van der Waals surface area contributed by atoms with Crippen molar-refractivity contribution in [3.8, 4) is 0 Å². The summed E-state index contributed by atoms with van der Waals surface area (Å²) < 4.78 is 16.3. The van der Waals surface area contributed by atoms with E-state index in [2.05, 4.69) is 20.8 Å². The van der Waals surface area contributed by atoms with Crippen LogP contribution >= 0.6 is 0 Å². The van der Waals surface area contributed by atoms with Crippen molar-refractivity contribution in [1.82, 2.24) is 25.4 Å². The van der Waals surface area contributed by atoms with Crippen LogP contribution < -0.4 is 10.6 Å². The molecule has 0 aliphatic heterocycles. The van der Waals surface area contributed by atoms with Gasteiger partial charge in [0.1, 0.15) is 18.2 Å². The Morgan fingerprint density at radius 1 is 1.25 bits per heavy atom. The molecule has 150 valence electrons. The monoisotopic (exact) mass is 384 g/mol. The zero-order valence-corrected chi connectivity index (χ0v) is 16.7. The minimum atomic E-state index is -0.120. The van der Waals surface area contributed by atoms with E-state index in [9.17, 15) is 4.39 Å². The smallest absolute Gasteiger partial charge is 0.191 e. The minimum Gasteiger partial charge on any atom is -0.355 e. The van der Waals surface area contributed by atoms with Crippen LogP contribution in [0.2, 0.25) is 0 Å². The maximum Gasteiger partial charge on any atom is 0.191 e. The van der Waals surface area contributed by atoms with Gasteiger partial charge in [-0.2, -0.15) is 0 Å². The second-order valence-electron chi connectivity index (χ2n) is 8.13. The summed E-state index contributed by atoms with van der Waals surface area (Å²) in [6.45, 7) is 3.08. The minimum absolute atomic E-state index is 0.112. The summed E-state index contributed by atoms with van der Waals surface area (Å²) in [4.78, 5) is 4.76. The first-order valence-corrected chi connectivity index (χ1v) is 10.2. The molecule has 0 amide bonds. The predicted octanol–water partition coefficient (Wildman–Crippen LogP) is 2.97. The Labute approximate surface area is 165 Å². The van der Waals surface area contributed by atoms with Crippen molar-refractivity contribution in [2.24, 2.45) is 12.0 Å². The molecule has 2 aromatic rings. The number of benzene rings is 1. The van der Waals surface area contributed by atoms with Crippen molar-refractivity contribution < 1.29 is 4.39 Å². The third-order valence-electron chi connectivity index (χ3n) is 6.15. The quantitative estimate of drug-likeness (QED) is 0.594. The Bertz CT molecular complexity index is 848. The third kappa shape index (κ3) is 4.03. The molecule has 2 aliphatic rings. The molecule has 7 heteroatoms. The van der Waals surface area contributed by atoms with E-state index >= 15 is 0 Å². The number of aryl methyl sites for hydroxylation is 1. The molecule has 2 N–H and O–H groups in total. The molecule has 2 aliphatic carbocycles. The molecular weight excluding hydrogens is 355 g/mol. The number of nitrogens with one attached hydrogen (secondary N) is 2. The van der Waals surface area contributed by atoms with Gasteiger partial charge in [-0.15, -0.1) is 10.2 Å². The highest BCUT2D eigenvalue weighted by Gasteiger charge is 2.45. The van der Waals surface area contributed by atoms with E-state index in [0.717, 1.165) is 36.0 Å². The van der Waals surface area contributed by atoms with Gasteiger partial charge in [0, 0.05) is 25.0 Å². The first-order valence-electron chi connectivity index (χ1n) is 10.2. The van der Waals surface area contributed by atoms with Crippen molar-refractivity contribution in [2.75, 3.05) is 6.54 Å². The lowest BCUT2D eigenvalue weighted by atomic mass is 9.95. The molecule has 1 aromatic heterocycles. The fourth-order valence-electron chi connectivity index (χ4n) is 3.99. The van der Waals surface area contributed by atoms with Crippen molar-refractivity contribution in [3.63, 3.8) is 0 Å². The van der Waals surface area contributed by atoms with Gasteiger partial charge in [0.2, 0.25) is 0 Å². The number of rotatable bonds is 6. The summed E-state index contributed by atoms with van der Waals surface area (Å²) >= 11 is 0. The Balaban J connectivity index is 1.46. The molecular formula is C21H29FN6. The first kappa shape index (κ1) is 18.9. The summed E-state index contributed by atoms with van der Waals surface area (Å²) in [5.74, 6) is 2.38. The Kier molecular flexibility index (Phi) is 5.33. The summed E-state index contributed by atoms with van der Waals surface area (Å²) in [7, 11) is 1.95. The Hall–Kier alpha value is -2.44. The van der Waals surface area contributed by atoms with Gasteiger partial charge in [-0.1, -0.05) is 31.0 Å².